The highest BCUT2D eigenvalue weighted by molar-refractivity contribution is 5.76. The van der Waals surface area contributed by atoms with Gasteiger partial charge in [0.1, 0.15) is 0 Å². The van der Waals surface area contributed by atoms with Crippen LogP contribution in [0.5, 0.6) is 0 Å². The van der Waals surface area contributed by atoms with Crippen LogP contribution in [-0.4, -0.2) is 38.1 Å². The molecule has 20 heavy (non-hydrogen) atoms. The average Bonchev–Trinajstić information content (AvgIpc) is 2.90. The monoisotopic (exact) mass is 276 g/mol. The molecule has 0 aromatic heterocycles. The zero-order valence-corrected chi connectivity index (χ0v) is 12.4. The van der Waals surface area contributed by atoms with Gasteiger partial charge in [0.15, 0.2) is 0 Å². The molecule has 2 rings (SSSR count). The highest BCUT2D eigenvalue weighted by atomic mass is 16.5. The van der Waals surface area contributed by atoms with E-state index in [9.17, 15) is 4.79 Å². The maximum Gasteiger partial charge on any atom is 0.220 e. The molecule has 1 N–H and O–H groups in total. The van der Waals surface area contributed by atoms with Crippen LogP contribution in [0.4, 0.5) is 0 Å². The van der Waals surface area contributed by atoms with Gasteiger partial charge >= 0.3 is 0 Å². The van der Waals surface area contributed by atoms with Crippen LogP contribution in [0, 0.1) is 5.92 Å². The van der Waals surface area contributed by atoms with Crippen molar-refractivity contribution in [2.75, 3.05) is 27.3 Å². The molecular weight excluding hydrogens is 252 g/mol. The third kappa shape index (κ3) is 4.94. The predicted octanol–water partition coefficient (Wildman–Crippen LogP) is 1.79. The van der Waals surface area contributed by atoms with Gasteiger partial charge in [0, 0.05) is 32.7 Å². The van der Waals surface area contributed by atoms with Crippen molar-refractivity contribution in [1.82, 2.24) is 10.2 Å². The van der Waals surface area contributed by atoms with Crippen molar-refractivity contribution in [3.05, 3.63) is 35.4 Å². The van der Waals surface area contributed by atoms with E-state index in [2.05, 4.69) is 48.6 Å². The molecule has 0 unspecified atom stereocenters. The highest BCUT2D eigenvalue weighted by Crippen LogP contribution is 2.16. The summed E-state index contributed by atoms with van der Waals surface area (Å²) in [6.45, 7) is 3.07. The van der Waals surface area contributed by atoms with Gasteiger partial charge in [0.05, 0.1) is 0 Å². The summed E-state index contributed by atoms with van der Waals surface area (Å²) in [5.41, 5.74) is 2.43. The number of rotatable bonds is 6. The van der Waals surface area contributed by atoms with E-state index in [-0.39, 0.29) is 5.91 Å². The molecular formula is C16H24N2O2. The van der Waals surface area contributed by atoms with Crippen LogP contribution in [0.25, 0.3) is 0 Å². The van der Waals surface area contributed by atoms with Crippen molar-refractivity contribution >= 4 is 5.91 Å². The van der Waals surface area contributed by atoms with Crippen molar-refractivity contribution < 1.29 is 9.53 Å². The van der Waals surface area contributed by atoms with E-state index in [4.69, 9.17) is 4.74 Å². The van der Waals surface area contributed by atoms with E-state index in [0.717, 1.165) is 31.7 Å². The molecule has 1 heterocycles. The van der Waals surface area contributed by atoms with E-state index >= 15 is 0 Å². The summed E-state index contributed by atoms with van der Waals surface area (Å²) >= 11 is 0. The molecule has 0 aliphatic carbocycles. The summed E-state index contributed by atoms with van der Waals surface area (Å²) in [6, 6.07) is 8.40. The summed E-state index contributed by atoms with van der Waals surface area (Å²) in [6.07, 6.45) is 1.59. The van der Waals surface area contributed by atoms with Crippen LogP contribution in [-0.2, 0) is 22.6 Å². The SMILES string of the molecule is CN(C)Cc1ccc(CNC(=O)C[C@@H]2CCOC2)cc1. The molecule has 110 valence electrons. The van der Waals surface area contributed by atoms with Gasteiger partial charge in [-0.2, -0.15) is 0 Å². The van der Waals surface area contributed by atoms with Gasteiger partial charge in [-0.3, -0.25) is 4.79 Å². The molecule has 1 fully saturated rings. The molecule has 1 aromatic rings. The number of carbonyl (C=O) groups excluding carboxylic acids is 1. The summed E-state index contributed by atoms with van der Waals surface area (Å²) in [4.78, 5) is 14.0. The van der Waals surface area contributed by atoms with E-state index in [0.29, 0.717) is 18.9 Å². The van der Waals surface area contributed by atoms with Crippen LogP contribution < -0.4 is 5.32 Å². The third-order valence-corrected chi connectivity index (χ3v) is 3.51. The molecule has 0 bridgehead atoms. The zero-order valence-electron chi connectivity index (χ0n) is 12.4. The summed E-state index contributed by atoms with van der Waals surface area (Å²) < 4.78 is 5.28. The number of amides is 1. The Hall–Kier alpha value is -1.39. The normalized spacial score (nSPS) is 18.4. The maximum atomic E-state index is 11.8. The zero-order chi connectivity index (χ0) is 14.4. The maximum absolute atomic E-state index is 11.8. The second kappa shape index (κ2) is 7.41. The van der Waals surface area contributed by atoms with Crippen LogP contribution >= 0.6 is 0 Å². The minimum atomic E-state index is 0.123. The fourth-order valence-electron chi connectivity index (χ4n) is 2.41. The minimum absolute atomic E-state index is 0.123. The van der Waals surface area contributed by atoms with Crippen LogP contribution in [0.15, 0.2) is 24.3 Å². The first-order valence-electron chi connectivity index (χ1n) is 7.20. The van der Waals surface area contributed by atoms with Crippen LogP contribution in [0.1, 0.15) is 24.0 Å². The Bertz CT molecular complexity index is 423. The van der Waals surface area contributed by atoms with Crippen molar-refractivity contribution in [2.45, 2.75) is 25.9 Å². The Morgan fingerprint density at radius 1 is 1.30 bits per heavy atom. The largest absolute Gasteiger partial charge is 0.381 e. The second-order valence-electron chi connectivity index (χ2n) is 5.76. The molecule has 1 atom stereocenters. The van der Waals surface area contributed by atoms with Gasteiger partial charge < -0.3 is 15.0 Å². The number of hydrogen-bond donors (Lipinski definition) is 1. The van der Waals surface area contributed by atoms with Gasteiger partial charge in [-0.1, -0.05) is 24.3 Å². The van der Waals surface area contributed by atoms with Crippen LogP contribution in [0.2, 0.25) is 0 Å². The first kappa shape index (κ1) is 15.0. The first-order chi connectivity index (χ1) is 9.63. The Morgan fingerprint density at radius 2 is 2.00 bits per heavy atom. The first-order valence-corrected chi connectivity index (χ1v) is 7.20. The summed E-state index contributed by atoms with van der Waals surface area (Å²) in [5.74, 6) is 0.523. The molecule has 0 radical (unpaired) electrons. The smallest absolute Gasteiger partial charge is 0.220 e. The van der Waals surface area contributed by atoms with Crippen LogP contribution in [0.3, 0.4) is 0 Å². The topological polar surface area (TPSA) is 41.6 Å². The lowest BCUT2D eigenvalue weighted by molar-refractivity contribution is -0.122. The molecule has 1 aromatic carbocycles. The molecule has 4 nitrogen and oxygen atoms in total. The van der Waals surface area contributed by atoms with E-state index in [1.54, 1.807) is 0 Å². The molecule has 0 spiro atoms. The van der Waals surface area contributed by atoms with Gasteiger partial charge in [-0.25, -0.2) is 0 Å². The van der Waals surface area contributed by atoms with Gasteiger partial charge in [0.2, 0.25) is 5.91 Å². The molecule has 1 saturated heterocycles. The molecule has 1 amide bonds. The lowest BCUT2D eigenvalue weighted by Gasteiger charge is -2.11. The lowest BCUT2D eigenvalue weighted by Crippen LogP contribution is -2.25. The Balaban J connectivity index is 1.74. The highest BCUT2D eigenvalue weighted by Gasteiger charge is 2.18. The van der Waals surface area contributed by atoms with Gasteiger partial charge in [-0.15, -0.1) is 0 Å². The minimum Gasteiger partial charge on any atom is -0.381 e. The number of benzene rings is 1. The predicted molar refractivity (Wildman–Crippen MR) is 79.2 cm³/mol. The number of nitrogens with zero attached hydrogens (tertiary/aromatic N) is 1. The summed E-state index contributed by atoms with van der Waals surface area (Å²) in [7, 11) is 4.11. The van der Waals surface area contributed by atoms with Gasteiger partial charge in [-0.05, 0) is 37.6 Å². The Kier molecular flexibility index (Phi) is 5.56. The lowest BCUT2D eigenvalue weighted by atomic mass is 10.0. The van der Waals surface area contributed by atoms with E-state index in [1.807, 2.05) is 0 Å². The number of ether oxygens (including phenoxy) is 1. The quantitative estimate of drug-likeness (QED) is 0.861. The number of hydrogen-bond acceptors (Lipinski definition) is 3. The number of carbonyl (C=O) groups is 1. The van der Waals surface area contributed by atoms with Crippen molar-refractivity contribution in [2.24, 2.45) is 5.92 Å². The van der Waals surface area contributed by atoms with Crippen molar-refractivity contribution in [1.29, 1.82) is 0 Å². The Morgan fingerprint density at radius 3 is 2.60 bits per heavy atom. The van der Waals surface area contributed by atoms with E-state index in [1.165, 1.54) is 5.56 Å². The standard InChI is InChI=1S/C16H24N2O2/c1-18(2)11-14-5-3-13(4-6-14)10-17-16(19)9-15-7-8-20-12-15/h3-6,15H,7-12H2,1-2H3,(H,17,19)/t15-/m0/s1. The Labute approximate surface area is 121 Å². The molecule has 1 aliphatic rings. The fraction of sp³-hybridized carbons (Fsp3) is 0.562. The van der Waals surface area contributed by atoms with Crippen molar-refractivity contribution in [3.8, 4) is 0 Å². The molecule has 1 aliphatic heterocycles. The third-order valence-electron chi connectivity index (χ3n) is 3.51. The number of nitrogens with one attached hydrogen (secondary N) is 1. The molecule has 0 saturated carbocycles. The average molecular weight is 276 g/mol. The van der Waals surface area contributed by atoms with E-state index < -0.39 is 0 Å². The summed E-state index contributed by atoms with van der Waals surface area (Å²) in [5, 5.41) is 2.98. The van der Waals surface area contributed by atoms with Gasteiger partial charge in [0.25, 0.3) is 0 Å². The fourth-order valence-corrected chi connectivity index (χ4v) is 2.41. The second-order valence-corrected chi connectivity index (χ2v) is 5.76. The van der Waals surface area contributed by atoms with Crippen molar-refractivity contribution in [3.63, 3.8) is 0 Å². The molecule has 4 heteroatoms.